The summed E-state index contributed by atoms with van der Waals surface area (Å²) in [5.74, 6) is 0.623. The molecule has 3 heterocycles. The van der Waals surface area contributed by atoms with Crippen LogP contribution in [-0.2, 0) is 4.57 Å². The second-order valence-electron chi connectivity index (χ2n) is 14.6. The zero-order valence-electron chi connectivity index (χ0n) is 31.8. The molecule has 6 nitrogen and oxygen atoms in total. The molecule has 0 saturated heterocycles. The van der Waals surface area contributed by atoms with Crippen LogP contribution in [-0.4, -0.2) is 9.97 Å². The Balaban J connectivity index is 1.10. The van der Waals surface area contributed by atoms with Crippen LogP contribution in [0, 0.1) is 0 Å². The largest absolute Gasteiger partial charge is 0.456 e. The maximum Gasteiger partial charge on any atom is 0.301 e. The zero-order chi connectivity index (χ0) is 39.3. The molecule has 0 spiro atoms. The summed E-state index contributed by atoms with van der Waals surface area (Å²) in [5, 5.41) is 2.66. The van der Waals surface area contributed by atoms with E-state index in [9.17, 15) is 0 Å². The lowest BCUT2D eigenvalue weighted by Gasteiger charge is -2.33. The number of rotatable bonds is 7. The molecular weight excluding hydrogens is 744 g/mol. The van der Waals surface area contributed by atoms with Crippen LogP contribution in [0.25, 0.3) is 67.0 Å². The van der Waals surface area contributed by atoms with Gasteiger partial charge in [0.15, 0.2) is 5.82 Å². The van der Waals surface area contributed by atoms with Gasteiger partial charge in [0.05, 0.1) is 28.1 Å². The molecule has 59 heavy (non-hydrogen) atoms. The molecule has 10 aromatic rings. The third-order valence-corrected chi connectivity index (χ3v) is 14.0. The van der Waals surface area contributed by atoms with Crippen molar-refractivity contribution < 1.29 is 8.98 Å². The fourth-order valence-corrected chi connectivity index (χ4v) is 11.3. The van der Waals surface area contributed by atoms with E-state index < -0.39 is 7.44 Å². The van der Waals surface area contributed by atoms with Gasteiger partial charge in [-0.15, -0.1) is 0 Å². The molecule has 0 N–H and O–H groups in total. The molecule has 280 valence electrons. The molecule has 0 fully saturated rings. The van der Waals surface area contributed by atoms with Crippen LogP contribution >= 0.6 is 7.44 Å². The lowest BCUT2D eigenvalue weighted by atomic mass is 9.99. The average Bonchev–Trinajstić information content (AvgIpc) is 3.82. The van der Waals surface area contributed by atoms with Gasteiger partial charge in [-0.2, -0.15) is 0 Å². The summed E-state index contributed by atoms with van der Waals surface area (Å²) in [6.07, 6.45) is 0. The van der Waals surface area contributed by atoms with Crippen LogP contribution < -0.4 is 14.6 Å². The Morgan fingerprint density at radius 1 is 0.424 bits per heavy atom. The summed E-state index contributed by atoms with van der Waals surface area (Å²) in [7, 11) is -3.50. The van der Waals surface area contributed by atoms with E-state index in [-0.39, 0.29) is 0 Å². The van der Waals surface area contributed by atoms with Gasteiger partial charge in [0.25, 0.3) is 0 Å². The number of para-hydroxylation sites is 2. The Kier molecular flexibility index (Phi) is 8.31. The van der Waals surface area contributed by atoms with Crippen molar-refractivity contribution in [3.8, 4) is 45.0 Å². The van der Waals surface area contributed by atoms with E-state index in [0.717, 1.165) is 89.2 Å². The number of furan rings is 1. The van der Waals surface area contributed by atoms with Crippen molar-refractivity contribution in [1.82, 2.24) is 9.97 Å². The van der Waals surface area contributed by atoms with E-state index in [0.29, 0.717) is 5.82 Å². The molecule has 11 rings (SSSR count). The molecule has 1 unspecified atom stereocenters. The van der Waals surface area contributed by atoms with Crippen molar-refractivity contribution in [2.45, 2.75) is 0 Å². The van der Waals surface area contributed by atoms with Crippen LogP contribution in [0.1, 0.15) is 0 Å². The SMILES string of the molecule is O=P1(c2ccccc2)N(c2ccccc2)c2ccc(-c3ccc4oc5cccc(-c6nc(-c7ccccc7)cc(-c7ccccc7)n6)c5c4c3)cc2N1c1ccccc1. The van der Waals surface area contributed by atoms with Crippen LogP contribution in [0.3, 0.4) is 0 Å². The molecule has 0 aliphatic carbocycles. The lowest BCUT2D eigenvalue weighted by Crippen LogP contribution is -2.26. The van der Waals surface area contributed by atoms with Crippen LogP contribution in [0.2, 0.25) is 0 Å². The van der Waals surface area contributed by atoms with Gasteiger partial charge in [0.2, 0.25) is 0 Å². The summed E-state index contributed by atoms with van der Waals surface area (Å²) in [4.78, 5) is 10.3. The average molecular weight is 779 g/mol. The molecule has 2 aromatic heterocycles. The molecule has 1 atom stereocenters. The maximum absolute atomic E-state index is 16.1. The summed E-state index contributed by atoms with van der Waals surface area (Å²) in [6, 6.07) is 71.2. The van der Waals surface area contributed by atoms with Gasteiger partial charge >= 0.3 is 7.44 Å². The summed E-state index contributed by atoms with van der Waals surface area (Å²) in [5.41, 5.74) is 11.6. The van der Waals surface area contributed by atoms with Gasteiger partial charge in [-0.05, 0) is 83.9 Å². The first kappa shape index (κ1) is 34.7. The van der Waals surface area contributed by atoms with Gasteiger partial charge in [0.1, 0.15) is 11.2 Å². The summed E-state index contributed by atoms with van der Waals surface area (Å²) >= 11 is 0. The highest BCUT2D eigenvalue weighted by molar-refractivity contribution is 7.76. The van der Waals surface area contributed by atoms with Crippen molar-refractivity contribution in [2.75, 3.05) is 9.34 Å². The van der Waals surface area contributed by atoms with Crippen molar-refractivity contribution in [2.24, 2.45) is 0 Å². The van der Waals surface area contributed by atoms with Gasteiger partial charge < -0.3 is 4.42 Å². The fourth-order valence-electron chi connectivity index (χ4n) is 8.29. The van der Waals surface area contributed by atoms with E-state index in [2.05, 4.69) is 66.7 Å². The number of hydrogen-bond acceptors (Lipinski definition) is 4. The number of hydrogen-bond donors (Lipinski definition) is 0. The first-order chi connectivity index (χ1) is 29.1. The molecular formula is C52H35N4O2P. The van der Waals surface area contributed by atoms with Crippen molar-refractivity contribution in [3.05, 3.63) is 212 Å². The standard InChI is InChI=1S/C52H35N4O2P/c57-59(42-25-14-5-15-26-42)55(40-21-10-3-11-22-40)47-31-29-39(34-48(47)56(59)41-23-12-4-13-24-41)38-30-32-49-44(33-38)51-43(27-16-28-50(51)58-49)52-53-45(36-17-6-1-7-18-36)35-46(54-52)37-19-8-2-9-20-37/h1-35H. The van der Waals surface area contributed by atoms with E-state index in [1.807, 2.05) is 155 Å². The van der Waals surface area contributed by atoms with E-state index in [4.69, 9.17) is 14.4 Å². The van der Waals surface area contributed by atoms with E-state index in [1.165, 1.54) is 0 Å². The zero-order valence-corrected chi connectivity index (χ0v) is 32.7. The predicted octanol–water partition coefficient (Wildman–Crippen LogP) is 13.9. The third-order valence-electron chi connectivity index (χ3n) is 11.0. The highest BCUT2D eigenvalue weighted by Crippen LogP contribution is 2.70. The van der Waals surface area contributed by atoms with Crippen molar-refractivity contribution in [1.29, 1.82) is 0 Å². The number of nitrogens with zero attached hydrogens (tertiary/aromatic N) is 4. The number of anilines is 4. The molecule has 8 aromatic carbocycles. The Bertz CT molecular complexity index is 3140. The Morgan fingerprint density at radius 2 is 0.949 bits per heavy atom. The monoisotopic (exact) mass is 778 g/mol. The first-order valence-corrected chi connectivity index (χ1v) is 21.2. The third kappa shape index (κ3) is 5.84. The van der Waals surface area contributed by atoms with Crippen LogP contribution in [0.4, 0.5) is 22.7 Å². The van der Waals surface area contributed by atoms with Gasteiger partial charge in [0, 0.05) is 38.8 Å². The maximum atomic E-state index is 16.1. The minimum atomic E-state index is -3.50. The summed E-state index contributed by atoms with van der Waals surface area (Å²) < 4.78 is 26.7. The second kappa shape index (κ2) is 14.1. The minimum Gasteiger partial charge on any atom is -0.456 e. The molecule has 7 heteroatoms. The summed E-state index contributed by atoms with van der Waals surface area (Å²) in [6.45, 7) is 0. The smallest absolute Gasteiger partial charge is 0.301 e. The highest BCUT2D eigenvalue weighted by Gasteiger charge is 2.49. The fraction of sp³-hybridized carbons (Fsp3) is 0. The predicted molar refractivity (Wildman–Crippen MR) is 242 cm³/mol. The first-order valence-electron chi connectivity index (χ1n) is 19.6. The number of aromatic nitrogens is 2. The number of benzene rings is 8. The molecule has 0 saturated carbocycles. The molecule has 1 aliphatic heterocycles. The topological polar surface area (TPSA) is 62.5 Å². The Morgan fingerprint density at radius 3 is 1.56 bits per heavy atom. The molecule has 0 bridgehead atoms. The van der Waals surface area contributed by atoms with E-state index in [1.54, 1.807) is 0 Å². The minimum absolute atomic E-state index is 0.623. The van der Waals surface area contributed by atoms with E-state index >= 15 is 4.57 Å². The quantitative estimate of drug-likeness (QED) is 0.150. The molecule has 0 amide bonds. The Labute approximate surface area is 341 Å². The number of fused-ring (bicyclic) bond motifs is 4. The van der Waals surface area contributed by atoms with Crippen LogP contribution in [0.5, 0.6) is 0 Å². The lowest BCUT2D eigenvalue weighted by molar-refractivity contribution is 0.582. The van der Waals surface area contributed by atoms with Crippen LogP contribution in [0.15, 0.2) is 217 Å². The van der Waals surface area contributed by atoms with Crippen molar-refractivity contribution >= 4 is 57.4 Å². The second-order valence-corrected chi connectivity index (χ2v) is 17.0. The molecule has 0 radical (unpaired) electrons. The highest BCUT2D eigenvalue weighted by atomic mass is 31.2. The van der Waals surface area contributed by atoms with Crippen molar-refractivity contribution in [3.63, 3.8) is 0 Å². The van der Waals surface area contributed by atoms with Gasteiger partial charge in [-0.3, -0.25) is 13.9 Å². The molecule has 1 aliphatic rings. The van der Waals surface area contributed by atoms with Gasteiger partial charge in [-0.1, -0.05) is 140 Å². The van der Waals surface area contributed by atoms with Gasteiger partial charge in [-0.25, -0.2) is 9.97 Å². The normalized spacial score (nSPS) is 14.8. The Hall–Kier alpha value is -7.53.